The maximum Gasteiger partial charge on any atom is 0.359 e. The van der Waals surface area contributed by atoms with Gasteiger partial charge in [-0.05, 0) is 12.1 Å². The first kappa shape index (κ1) is 12.2. The fourth-order valence-corrected chi connectivity index (χ4v) is 2.24. The highest BCUT2D eigenvalue weighted by Crippen LogP contribution is 2.22. The van der Waals surface area contributed by atoms with Gasteiger partial charge in [0.05, 0.1) is 11.9 Å². The van der Waals surface area contributed by atoms with Crippen molar-refractivity contribution in [3.8, 4) is 5.75 Å². The number of sulfonamides is 1. The van der Waals surface area contributed by atoms with Crippen molar-refractivity contribution < 1.29 is 22.3 Å². The first-order valence-electron chi connectivity index (χ1n) is 4.68. The third kappa shape index (κ3) is 2.09. The number of nitrogens with two attached hydrogens (primary N) is 1. The van der Waals surface area contributed by atoms with Crippen LogP contribution in [0, 0.1) is 5.82 Å². The van der Waals surface area contributed by atoms with Crippen molar-refractivity contribution in [2.45, 2.75) is 0 Å². The number of nitrogens with zero attached hydrogens (tertiary/aromatic N) is 1. The summed E-state index contributed by atoms with van der Waals surface area (Å²) in [6, 6.07) is 5.09. The minimum absolute atomic E-state index is 0.337. The Morgan fingerprint density at radius 2 is 2.00 bits per heavy atom. The lowest BCUT2D eigenvalue weighted by Gasteiger charge is -2.05. The summed E-state index contributed by atoms with van der Waals surface area (Å²) in [6.07, 6.45) is 0.827. The lowest BCUT2D eigenvalue weighted by atomic mass is 10.3. The van der Waals surface area contributed by atoms with Gasteiger partial charge in [-0.15, -0.1) is 0 Å². The maximum absolute atomic E-state index is 13.2. The van der Waals surface area contributed by atoms with E-state index >= 15 is 0 Å². The molecule has 0 amide bonds. The Balaban J connectivity index is 2.31. The zero-order valence-electron chi connectivity index (χ0n) is 8.83. The number of benzene rings is 1. The van der Waals surface area contributed by atoms with Gasteiger partial charge in [0.1, 0.15) is 0 Å². The Morgan fingerprint density at radius 1 is 1.33 bits per heavy atom. The molecule has 2 N–H and O–H groups in total. The van der Waals surface area contributed by atoms with Gasteiger partial charge in [0, 0.05) is 0 Å². The normalized spacial score (nSPS) is 16.9. The molecule has 0 atom stereocenters. The fourth-order valence-electron chi connectivity index (χ4n) is 1.28. The minimum Gasteiger partial charge on any atom is -0.419 e. The summed E-state index contributed by atoms with van der Waals surface area (Å²) in [4.78, 5) is 10.8. The summed E-state index contributed by atoms with van der Waals surface area (Å²) in [5.74, 6) is -2.44. The van der Waals surface area contributed by atoms with Crippen LogP contribution in [0.1, 0.15) is 0 Å². The second-order valence-electron chi connectivity index (χ2n) is 3.31. The van der Waals surface area contributed by atoms with Crippen LogP contribution in [0.25, 0.3) is 0 Å². The SMILES string of the molecule is NC1=C(C(=O)Oc2ccccc2F)S(=O)(=O)N=C1. The molecule has 18 heavy (non-hydrogen) atoms. The van der Waals surface area contributed by atoms with Gasteiger partial charge in [-0.25, -0.2) is 9.18 Å². The molecule has 0 fully saturated rings. The van der Waals surface area contributed by atoms with E-state index in [4.69, 9.17) is 5.73 Å². The van der Waals surface area contributed by atoms with Crippen LogP contribution in [-0.4, -0.2) is 20.6 Å². The lowest BCUT2D eigenvalue weighted by Crippen LogP contribution is -2.19. The van der Waals surface area contributed by atoms with Gasteiger partial charge in [-0.3, -0.25) is 0 Å². The Kier molecular flexibility index (Phi) is 2.87. The quantitative estimate of drug-likeness (QED) is 0.616. The molecule has 2 rings (SSSR count). The molecule has 1 aromatic rings. The molecule has 1 aromatic carbocycles. The van der Waals surface area contributed by atoms with E-state index in [-0.39, 0.29) is 11.4 Å². The Labute approximate surface area is 102 Å². The molecule has 0 aliphatic carbocycles. The maximum atomic E-state index is 13.2. The predicted octanol–water partition coefficient (Wildman–Crippen LogP) is 0.316. The Hall–Kier alpha value is -2.22. The van der Waals surface area contributed by atoms with E-state index in [1.165, 1.54) is 18.2 Å². The molecule has 1 aliphatic heterocycles. The van der Waals surface area contributed by atoms with Gasteiger partial charge in [0.2, 0.25) is 0 Å². The summed E-state index contributed by atoms with van der Waals surface area (Å²) in [5, 5.41) is 0. The van der Waals surface area contributed by atoms with E-state index in [0.29, 0.717) is 0 Å². The number of para-hydroxylation sites is 1. The number of allylic oxidation sites excluding steroid dienone is 1. The summed E-state index contributed by atoms with van der Waals surface area (Å²) < 4.78 is 43.6. The smallest absolute Gasteiger partial charge is 0.359 e. The molecule has 94 valence electrons. The minimum atomic E-state index is -4.14. The monoisotopic (exact) mass is 270 g/mol. The second kappa shape index (κ2) is 4.22. The number of esters is 1. The van der Waals surface area contributed by atoms with Gasteiger partial charge in [0.15, 0.2) is 16.5 Å². The number of rotatable bonds is 2. The molecule has 0 aromatic heterocycles. The van der Waals surface area contributed by atoms with Crippen molar-refractivity contribution in [3.63, 3.8) is 0 Å². The van der Waals surface area contributed by atoms with Crippen molar-refractivity contribution in [2.24, 2.45) is 10.1 Å². The van der Waals surface area contributed by atoms with Crippen LogP contribution in [-0.2, 0) is 14.8 Å². The number of carbonyl (C=O) groups is 1. The van der Waals surface area contributed by atoms with Gasteiger partial charge in [0.25, 0.3) is 10.0 Å². The van der Waals surface area contributed by atoms with E-state index in [2.05, 4.69) is 9.13 Å². The predicted molar refractivity (Wildman–Crippen MR) is 60.7 cm³/mol. The van der Waals surface area contributed by atoms with E-state index in [9.17, 15) is 17.6 Å². The van der Waals surface area contributed by atoms with Crippen LogP contribution in [0.15, 0.2) is 39.3 Å². The van der Waals surface area contributed by atoms with Crippen LogP contribution >= 0.6 is 0 Å². The molecule has 0 saturated carbocycles. The van der Waals surface area contributed by atoms with Crippen molar-refractivity contribution >= 4 is 22.2 Å². The molecule has 0 radical (unpaired) electrons. The van der Waals surface area contributed by atoms with Crippen LogP contribution < -0.4 is 10.5 Å². The molecule has 0 saturated heterocycles. The summed E-state index contributed by atoms with van der Waals surface area (Å²) >= 11 is 0. The Morgan fingerprint density at radius 3 is 2.56 bits per heavy atom. The number of carbonyl (C=O) groups excluding carboxylic acids is 1. The summed E-state index contributed by atoms with van der Waals surface area (Å²) in [6.45, 7) is 0. The summed E-state index contributed by atoms with van der Waals surface area (Å²) in [5.41, 5.74) is 4.97. The van der Waals surface area contributed by atoms with Crippen molar-refractivity contribution in [2.75, 3.05) is 0 Å². The van der Waals surface area contributed by atoms with Gasteiger partial charge < -0.3 is 10.5 Å². The molecular formula is C10H7FN2O4S. The first-order chi connectivity index (χ1) is 8.42. The molecule has 6 nitrogen and oxygen atoms in total. The van der Waals surface area contributed by atoms with Crippen LogP contribution in [0.2, 0.25) is 0 Å². The third-order valence-corrected chi connectivity index (χ3v) is 3.38. The van der Waals surface area contributed by atoms with E-state index < -0.39 is 26.7 Å². The molecule has 1 aliphatic rings. The number of hydrogen-bond donors (Lipinski definition) is 1. The molecule has 0 spiro atoms. The highest BCUT2D eigenvalue weighted by atomic mass is 32.2. The average Bonchev–Trinajstić information content (AvgIpc) is 2.56. The molecule has 1 heterocycles. The zero-order valence-corrected chi connectivity index (χ0v) is 9.65. The van der Waals surface area contributed by atoms with E-state index in [0.717, 1.165) is 12.3 Å². The lowest BCUT2D eigenvalue weighted by molar-refractivity contribution is -0.129. The van der Waals surface area contributed by atoms with Crippen LogP contribution in [0.4, 0.5) is 4.39 Å². The third-order valence-electron chi connectivity index (χ3n) is 2.08. The molecular weight excluding hydrogens is 263 g/mol. The standard InChI is InChI=1S/C10H7FN2O4S/c11-6-3-1-2-4-8(6)17-10(14)9-7(12)5-13-18(9,15)16/h1-5H,12H2. The van der Waals surface area contributed by atoms with Crippen LogP contribution in [0.5, 0.6) is 5.75 Å². The Bertz CT molecular complexity index is 679. The highest BCUT2D eigenvalue weighted by Gasteiger charge is 2.33. The first-order valence-corrected chi connectivity index (χ1v) is 6.12. The van der Waals surface area contributed by atoms with E-state index in [1.54, 1.807) is 0 Å². The number of ether oxygens (including phenoxy) is 1. The molecule has 0 bridgehead atoms. The van der Waals surface area contributed by atoms with Crippen molar-refractivity contribution in [1.29, 1.82) is 0 Å². The second-order valence-corrected chi connectivity index (χ2v) is 4.88. The van der Waals surface area contributed by atoms with Gasteiger partial charge in [-0.1, -0.05) is 12.1 Å². The molecule has 0 unspecified atom stereocenters. The van der Waals surface area contributed by atoms with Crippen LogP contribution in [0.3, 0.4) is 0 Å². The van der Waals surface area contributed by atoms with E-state index in [1.807, 2.05) is 0 Å². The topological polar surface area (TPSA) is 98.8 Å². The van der Waals surface area contributed by atoms with Gasteiger partial charge in [-0.2, -0.15) is 12.8 Å². The van der Waals surface area contributed by atoms with Crippen molar-refractivity contribution in [3.05, 3.63) is 40.7 Å². The van der Waals surface area contributed by atoms with Gasteiger partial charge >= 0.3 is 5.97 Å². The number of halogens is 1. The average molecular weight is 270 g/mol. The highest BCUT2D eigenvalue weighted by molar-refractivity contribution is 7.95. The summed E-state index contributed by atoms with van der Waals surface area (Å²) in [7, 11) is -4.14. The molecule has 8 heteroatoms. The zero-order chi connectivity index (χ0) is 13.3. The largest absolute Gasteiger partial charge is 0.419 e. The van der Waals surface area contributed by atoms with Crippen molar-refractivity contribution in [1.82, 2.24) is 0 Å². The fraction of sp³-hybridized carbons (Fsp3) is 0. The number of hydrogen-bond acceptors (Lipinski definition) is 5.